The number of carbonyl (C=O) groups is 1. The standard InChI is InChI=1S/C18H21N5O2/c1-13-4-6-15(7-5-13)23-17(24)10-16(21-23)18(25)19-8-3-9-22-12-14(2)11-20-22/h4-7,10-12,21H,3,8-9H2,1-2H3,(H,19,25). The van der Waals surface area contributed by atoms with Gasteiger partial charge in [0, 0.05) is 25.4 Å². The van der Waals surface area contributed by atoms with E-state index < -0.39 is 0 Å². The normalized spacial score (nSPS) is 10.8. The Bertz CT molecular complexity index is 918. The Hall–Kier alpha value is -3.09. The molecular formula is C18H21N5O2. The maximum atomic E-state index is 12.2. The number of hydrogen-bond acceptors (Lipinski definition) is 3. The first-order valence-electron chi connectivity index (χ1n) is 8.19. The summed E-state index contributed by atoms with van der Waals surface area (Å²) in [6.07, 6.45) is 4.52. The second kappa shape index (κ2) is 7.21. The monoisotopic (exact) mass is 339 g/mol. The van der Waals surface area contributed by atoms with Gasteiger partial charge in [-0.1, -0.05) is 17.7 Å². The highest BCUT2D eigenvalue weighted by Gasteiger charge is 2.11. The van der Waals surface area contributed by atoms with Crippen LogP contribution in [0.5, 0.6) is 0 Å². The molecule has 3 rings (SSSR count). The summed E-state index contributed by atoms with van der Waals surface area (Å²) in [6.45, 7) is 5.20. The van der Waals surface area contributed by atoms with Crippen molar-refractivity contribution in [3.8, 4) is 5.69 Å². The van der Waals surface area contributed by atoms with Gasteiger partial charge in [0.1, 0.15) is 5.69 Å². The van der Waals surface area contributed by atoms with Gasteiger partial charge in [0.05, 0.1) is 11.9 Å². The number of nitrogens with one attached hydrogen (secondary N) is 2. The lowest BCUT2D eigenvalue weighted by molar-refractivity contribution is 0.0947. The minimum atomic E-state index is -0.292. The summed E-state index contributed by atoms with van der Waals surface area (Å²) in [5, 5.41) is 9.87. The van der Waals surface area contributed by atoms with E-state index in [1.54, 1.807) is 6.20 Å². The van der Waals surface area contributed by atoms with Crippen LogP contribution in [0.4, 0.5) is 0 Å². The van der Waals surface area contributed by atoms with Gasteiger partial charge < -0.3 is 5.32 Å². The van der Waals surface area contributed by atoms with Crippen LogP contribution in [0.25, 0.3) is 5.69 Å². The Morgan fingerprint density at radius 2 is 1.96 bits per heavy atom. The molecule has 3 aromatic rings. The van der Waals surface area contributed by atoms with Crippen LogP contribution in [0.15, 0.2) is 47.5 Å². The quantitative estimate of drug-likeness (QED) is 0.672. The van der Waals surface area contributed by atoms with Gasteiger partial charge in [-0.3, -0.25) is 19.4 Å². The summed E-state index contributed by atoms with van der Waals surface area (Å²) in [5.41, 5.74) is 2.90. The maximum Gasteiger partial charge on any atom is 0.271 e. The van der Waals surface area contributed by atoms with Gasteiger partial charge in [-0.2, -0.15) is 5.10 Å². The zero-order valence-corrected chi connectivity index (χ0v) is 14.3. The molecule has 2 heterocycles. The number of aryl methyl sites for hydroxylation is 3. The molecule has 0 atom stereocenters. The first-order chi connectivity index (χ1) is 12.0. The van der Waals surface area contributed by atoms with Crippen LogP contribution < -0.4 is 10.9 Å². The Morgan fingerprint density at radius 3 is 2.64 bits per heavy atom. The third-order valence-corrected chi connectivity index (χ3v) is 3.87. The van der Waals surface area contributed by atoms with Crippen LogP contribution in [0.2, 0.25) is 0 Å². The van der Waals surface area contributed by atoms with E-state index in [0.717, 1.165) is 24.1 Å². The highest BCUT2D eigenvalue weighted by molar-refractivity contribution is 5.92. The fourth-order valence-corrected chi connectivity index (χ4v) is 2.53. The number of H-pyrrole nitrogens is 1. The molecule has 2 aromatic heterocycles. The van der Waals surface area contributed by atoms with Crippen molar-refractivity contribution in [2.75, 3.05) is 6.54 Å². The van der Waals surface area contributed by atoms with Crippen molar-refractivity contribution >= 4 is 5.91 Å². The van der Waals surface area contributed by atoms with Crippen LogP contribution in [0.1, 0.15) is 28.0 Å². The molecule has 0 spiro atoms. The molecule has 2 N–H and O–H groups in total. The van der Waals surface area contributed by atoms with Gasteiger partial charge >= 0.3 is 0 Å². The third-order valence-electron chi connectivity index (χ3n) is 3.87. The predicted molar refractivity (Wildman–Crippen MR) is 95.0 cm³/mol. The zero-order valence-electron chi connectivity index (χ0n) is 14.3. The Balaban J connectivity index is 1.58. The van der Waals surface area contributed by atoms with E-state index in [1.165, 1.54) is 10.7 Å². The minimum absolute atomic E-state index is 0.250. The molecule has 7 nitrogen and oxygen atoms in total. The van der Waals surface area contributed by atoms with Gasteiger partial charge in [-0.25, -0.2) is 4.68 Å². The second-order valence-corrected chi connectivity index (χ2v) is 6.07. The lowest BCUT2D eigenvalue weighted by atomic mass is 10.2. The van der Waals surface area contributed by atoms with Gasteiger partial charge in [0.2, 0.25) is 0 Å². The number of amides is 1. The second-order valence-electron chi connectivity index (χ2n) is 6.07. The molecule has 0 aliphatic rings. The average molecular weight is 339 g/mol. The van der Waals surface area contributed by atoms with Crippen LogP contribution in [-0.4, -0.2) is 32.0 Å². The molecule has 1 amide bonds. The number of aromatic amines is 1. The zero-order chi connectivity index (χ0) is 17.8. The van der Waals surface area contributed by atoms with Gasteiger partial charge in [0.25, 0.3) is 11.5 Å². The van der Waals surface area contributed by atoms with Crippen LogP contribution >= 0.6 is 0 Å². The molecule has 0 fully saturated rings. The van der Waals surface area contributed by atoms with Crippen LogP contribution in [0.3, 0.4) is 0 Å². The molecule has 0 aliphatic carbocycles. The molecule has 0 aliphatic heterocycles. The molecule has 1 aromatic carbocycles. The van der Waals surface area contributed by atoms with Crippen molar-refractivity contribution in [3.05, 3.63) is 69.9 Å². The number of nitrogens with zero attached hydrogens (tertiary/aromatic N) is 3. The summed E-state index contributed by atoms with van der Waals surface area (Å²) in [5.74, 6) is -0.292. The lowest BCUT2D eigenvalue weighted by Crippen LogP contribution is -2.25. The number of aromatic nitrogens is 4. The predicted octanol–water partition coefficient (Wildman–Crippen LogP) is 1.80. The summed E-state index contributed by atoms with van der Waals surface area (Å²) in [7, 11) is 0. The highest BCUT2D eigenvalue weighted by atomic mass is 16.2. The molecule has 130 valence electrons. The van der Waals surface area contributed by atoms with Crippen molar-refractivity contribution in [1.82, 2.24) is 24.9 Å². The molecule has 25 heavy (non-hydrogen) atoms. The molecule has 0 radical (unpaired) electrons. The lowest BCUT2D eigenvalue weighted by Gasteiger charge is -2.05. The number of benzene rings is 1. The van der Waals surface area contributed by atoms with Gasteiger partial charge in [-0.15, -0.1) is 0 Å². The topological polar surface area (TPSA) is 84.7 Å². The first-order valence-corrected chi connectivity index (χ1v) is 8.19. The van der Waals surface area contributed by atoms with Crippen molar-refractivity contribution in [3.63, 3.8) is 0 Å². The van der Waals surface area contributed by atoms with Gasteiger partial charge in [-0.05, 0) is 38.0 Å². The minimum Gasteiger partial charge on any atom is -0.351 e. The number of carbonyl (C=O) groups excluding carboxylic acids is 1. The largest absolute Gasteiger partial charge is 0.351 e. The molecular weight excluding hydrogens is 318 g/mol. The van der Waals surface area contributed by atoms with Crippen molar-refractivity contribution in [1.29, 1.82) is 0 Å². The third kappa shape index (κ3) is 4.06. The summed E-state index contributed by atoms with van der Waals surface area (Å²) >= 11 is 0. The Morgan fingerprint density at radius 1 is 1.20 bits per heavy atom. The smallest absolute Gasteiger partial charge is 0.271 e. The molecule has 0 unspecified atom stereocenters. The number of hydrogen-bond donors (Lipinski definition) is 2. The van der Waals surface area contributed by atoms with E-state index in [0.29, 0.717) is 12.2 Å². The van der Waals surface area contributed by atoms with E-state index in [4.69, 9.17) is 0 Å². The van der Waals surface area contributed by atoms with E-state index in [2.05, 4.69) is 15.5 Å². The molecule has 0 saturated heterocycles. The van der Waals surface area contributed by atoms with Crippen molar-refractivity contribution in [2.24, 2.45) is 0 Å². The molecule has 0 saturated carbocycles. The van der Waals surface area contributed by atoms with E-state index in [9.17, 15) is 9.59 Å². The molecule has 0 bridgehead atoms. The Labute approximate surface area is 145 Å². The Kier molecular flexibility index (Phi) is 4.83. The fraction of sp³-hybridized carbons (Fsp3) is 0.278. The van der Waals surface area contributed by atoms with Crippen LogP contribution in [-0.2, 0) is 6.54 Å². The van der Waals surface area contributed by atoms with Crippen molar-refractivity contribution in [2.45, 2.75) is 26.8 Å². The fourth-order valence-electron chi connectivity index (χ4n) is 2.53. The molecule has 7 heteroatoms. The highest BCUT2D eigenvalue weighted by Crippen LogP contribution is 2.06. The summed E-state index contributed by atoms with van der Waals surface area (Å²) < 4.78 is 3.21. The summed E-state index contributed by atoms with van der Waals surface area (Å²) in [4.78, 5) is 24.3. The average Bonchev–Trinajstić information content (AvgIpc) is 3.18. The van der Waals surface area contributed by atoms with E-state index >= 15 is 0 Å². The van der Waals surface area contributed by atoms with Crippen LogP contribution in [0, 0.1) is 13.8 Å². The maximum absolute atomic E-state index is 12.2. The SMILES string of the molecule is Cc1ccc(-n2[nH]c(C(=O)NCCCn3cc(C)cn3)cc2=O)cc1. The van der Waals surface area contributed by atoms with E-state index in [-0.39, 0.29) is 17.2 Å². The van der Waals surface area contributed by atoms with Gasteiger partial charge in [0.15, 0.2) is 0 Å². The van der Waals surface area contributed by atoms with Crippen molar-refractivity contribution < 1.29 is 4.79 Å². The van der Waals surface area contributed by atoms with E-state index in [1.807, 2.05) is 49.0 Å². The first kappa shape index (κ1) is 16.8. The summed E-state index contributed by atoms with van der Waals surface area (Å²) in [6, 6.07) is 8.81. The number of rotatable bonds is 6.